The molecule has 1 amide bonds. The third-order valence-electron chi connectivity index (χ3n) is 3.89. The van der Waals surface area contributed by atoms with Crippen molar-refractivity contribution in [3.8, 4) is 0 Å². The summed E-state index contributed by atoms with van der Waals surface area (Å²) in [6, 6.07) is 1.72. The van der Waals surface area contributed by atoms with Crippen molar-refractivity contribution >= 4 is 11.7 Å². The highest BCUT2D eigenvalue weighted by Gasteiger charge is 2.21. The van der Waals surface area contributed by atoms with Gasteiger partial charge in [-0.15, -0.1) is 0 Å². The Kier molecular flexibility index (Phi) is 4.84. The highest BCUT2D eigenvalue weighted by molar-refractivity contribution is 5.93. The van der Waals surface area contributed by atoms with Gasteiger partial charge in [0.05, 0.1) is 19.3 Å². The summed E-state index contributed by atoms with van der Waals surface area (Å²) in [4.78, 5) is 22.9. The molecule has 0 bridgehead atoms. The summed E-state index contributed by atoms with van der Waals surface area (Å²) in [5.74, 6) is 1.21. The van der Waals surface area contributed by atoms with Crippen molar-refractivity contribution in [2.75, 3.05) is 44.8 Å². The van der Waals surface area contributed by atoms with E-state index >= 15 is 0 Å². The lowest BCUT2D eigenvalue weighted by Crippen LogP contribution is -2.41. The van der Waals surface area contributed by atoms with Crippen LogP contribution in [0.4, 0.5) is 5.82 Å². The summed E-state index contributed by atoms with van der Waals surface area (Å²) >= 11 is 0. The number of morpholine rings is 1. The second-order valence-corrected chi connectivity index (χ2v) is 5.61. The monoisotopic (exact) mass is 306 g/mol. The minimum atomic E-state index is -0.0611. The van der Waals surface area contributed by atoms with Crippen LogP contribution in [-0.4, -0.2) is 66.3 Å². The van der Waals surface area contributed by atoms with Gasteiger partial charge < -0.3 is 19.7 Å². The van der Waals surface area contributed by atoms with Crippen LogP contribution in [0, 0.1) is 6.92 Å². The average molecular weight is 306 g/mol. The standard InChI is InChI=1S/C15H22N4O3/c1-11-17-13(15(20)19-4-7-21-8-5-19)9-14(18-11)16-10-12-3-2-6-22-12/h9,12H,2-8,10H2,1H3,(H,16,17,18)/t12-/m1/s1. The van der Waals surface area contributed by atoms with Crippen molar-refractivity contribution in [3.63, 3.8) is 0 Å². The first-order valence-corrected chi connectivity index (χ1v) is 7.80. The van der Waals surface area contributed by atoms with Gasteiger partial charge in [0.25, 0.3) is 5.91 Å². The summed E-state index contributed by atoms with van der Waals surface area (Å²) in [5.41, 5.74) is 0.434. The molecule has 22 heavy (non-hydrogen) atoms. The minimum absolute atomic E-state index is 0.0611. The van der Waals surface area contributed by atoms with Gasteiger partial charge in [-0.25, -0.2) is 9.97 Å². The molecule has 0 aromatic carbocycles. The van der Waals surface area contributed by atoms with Crippen LogP contribution in [0.15, 0.2) is 6.07 Å². The normalized spacial score (nSPS) is 21.9. The second kappa shape index (κ2) is 7.02. The van der Waals surface area contributed by atoms with Crippen molar-refractivity contribution in [2.45, 2.75) is 25.9 Å². The highest BCUT2D eigenvalue weighted by atomic mass is 16.5. The van der Waals surface area contributed by atoms with E-state index in [1.165, 1.54) is 0 Å². The molecule has 2 saturated heterocycles. The molecule has 0 spiro atoms. The number of anilines is 1. The largest absolute Gasteiger partial charge is 0.378 e. The maximum Gasteiger partial charge on any atom is 0.272 e. The molecule has 3 heterocycles. The molecule has 0 radical (unpaired) electrons. The van der Waals surface area contributed by atoms with E-state index in [1.54, 1.807) is 17.9 Å². The summed E-state index contributed by atoms with van der Waals surface area (Å²) in [6.07, 6.45) is 2.40. The fourth-order valence-corrected chi connectivity index (χ4v) is 2.72. The van der Waals surface area contributed by atoms with Gasteiger partial charge >= 0.3 is 0 Å². The van der Waals surface area contributed by atoms with Crippen molar-refractivity contribution in [2.24, 2.45) is 0 Å². The number of aromatic nitrogens is 2. The lowest BCUT2D eigenvalue weighted by Gasteiger charge is -2.26. The van der Waals surface area contributed by atoms with Gasteiger partial charge in [-0.05, 0) is 19.8 Å². The zero-order valence-electron chi connectivity index (χ0n) is 12.9. The molecule has 3 rings (SSSR count). The summed E-state index contributed by atoms with van der Waals surface area (Å²) < 4.78 is 10.9. The Balaban J connectivity index is 1.67. The molecule has 0 saturated carbocycles. The maximum atomic E-state index is 12.5. The van der Waals surface area contributed by atoms with E-state index in [-0.39, 0.29) is 12.0 Å². The summed E-state index contributed by atoms with van der Waals surface area (Å²) in [5, 5.41) is 3.25. The molecule has 120 valence electrons. The second-order valence-electron chi connectivity index (χ2n) is 5.61. The van der Waals surface area contributed by atoms with E-state index in [0.717, 1.165) is 19.4 Å². The molecule has 7 heteroatoms. The molecule has 7 nitrogen and oxygen atoms in total. The number of rotatable bonds is 4. The first-order valence-electron chi connectivity index (χ1n) is 7.80. The molecule has 0 aliphatic carbocycles. The van der Waals surface area contributed by atoms with Crippen molar-refractivity contribution < 1.29 is 14.3 Å². The molecule has 2 fully saturated rings. The van der Waals surface area contributed by atoms with Crippen LogP contribution in [0.25, 0.3) is 0 Å². The van der Waals surface area contributed by atoms with Crippen molar-refractivity contribution in [1.82, 2.24) is 14.9 Å². The van der Waals surface area contributed by atoms with E-state index in [1.807, 2.05) is 0 Å². The Morgan fingerprint density at radius 1 is 1.36 bits per heavy atom. The maximum absolute atomic E-state index is 12.5. The van der Waals surface area contributed by atoms with Crippen LogP contribution >= 0.6 is 0 Å². The number of hydrogen-bond donors (Lipinski definition) is 1. The fourth-order valence-electron chi connectivity index (χ4n) is 2.72. The first kappa shape index (κ1) is 15.2. The Bertz CT molecular complexity index is 526. The zero-order valence-corrected chi connectivity index (χ0v) is 12.9. The van der Waals surface area contributed by atoms with Gasteiger partial charge in [-0.1, -0.05) is 0 Å². The van der Waals surface area contributed by atoms with Crippen LogP contribution in [0.5, 0.6) is 0 Å². The van der Waals surface area contributed by atoms with E-state index < -0.39 is 0 Å². The van der Waals surface area contributed by atoms with Crippen LogP contribution in [0.3, 0.4) is 0 Å². The lowest BCUT2D eigenvalue weighted by atomic mass is 10.2. The number of aryl methyl sites for hydroxylation is 1. The third-order valence-corrected chi connectivity index (χ3v) is 3.89. The molecule has 2 aliphatic rings. The number of ether oxygens (including phenoxy) is 2. The molecular formula is C15H22N4O3. The highest BCUT2D eigenvalue weighted by Crippen LogP contribution is 2.14. The predicted molar refractivity (Wildman–Crippen MR) is 81.0 cm³/mol. The van der Waals surface area contributed by atoms with E-state index in [2.05, 4.69) is 15.3 Å². The van der Waals surface area contributed by atoms with E-state index in [9.17, 15) is 4.79 Å². The molecule has 1 aromatic heterocycles. The van der Waals surface area contributed by atoms with Gasteiger partial charge in [-0.3, -0.25) is 4.79 Å². The average Bonchev–Trinajstić information content (AvgIpc) is 3.06. The van der Waals surface area contributed by atoms with E-state index in [0.29, 0.717) is 50.2 Å². The number of carbonyl (C=O) groups is 1. The number of amides is 1. The van der Waals surface area contributed by atoms with Crippen molar-refractivity contribution in [1.29, 1.82) is 0 Å². The Morgan fingerprint density at radius 2 is 2.18 bits per heavy atom. The third kappa shape index (κ3) is 3.72. The van der Waals surface area contributed by atoms with Crippen molar-refractivity contribution in [3.05, 3.63) is 17.6 Å². The Hall–Kier alpha value is -1.73. The lowest BCUT2D eigenvalue weighted by molar-refractivity contribution is 0.0299. The number of nitrogens with zero attached hydrogens (tertiary/aromatic N) is 3. The summed E-state index contributed by atoms with van der Waals surface area (Å²) in [7, 11) is 0. The molecule has 2 aliphatic heterocycles. The first-order chi connectivity index (χ1) is 10.7. The van der Waals surface area contributed by atoms with E-state index in [4.69, 9.17) is 9.47 Å². The minimum Gasteiger partial charge on any atom is -0.378 e. The molecule has 0 unspecified atom stereocenters. The zero-order chi connectivity index (χ0) is 15.4. The molecule has 1 N–H and O–H groups in total. The van der Waals surface area contributed by atoms with Gasteiger partial charge in [0, 0.05) is 32.3 Å². The molecular weight excluding hydrogens is 284 g/mol. The van der Waals surface area contributed by atoms with Gasteiger partial charge in [0.1, 0.15) is 17.3 Å². The van der Waals surface area contributed by atoms with Gasteiger partial charge in [0.2, 0.25) is 0 Å². The number of carbonyl (C=O) groups excluding carboxylic acids is 1. The van der Waals surface area contributed by atoms with Crippen LogP contribution in [-0.2, 0) is 9.47 Å². The smallest absolute Gasteiger partial charge is 0.272 e. The van der Waals surface area contributed by atoms with Crippen LogP contribution in [0.2, 0.25) is 0 Å². The van der Waals surface area contributed by atoms with Crippen LogP contribution < -0.4 is 5.32 Å². The topological polar surface area (TPSA) is 76.6 Å². The quantitative estimate of drug-likeness (QED) is 0.888. The van der Waals surface area contributed by atoms with Crippen LogP contribution in [0.1, 0.15) is 29.2 Å². The Labute approximate surface area is 130 Å². The summed E-state index contributed by atoms with van der Waals surface area (Å²) in [6.45, 7) is 5.73. The van der Waals surface area contributed by atoms with Gasteiger partial charge in [0.15, 0.2) is 0 Å². The molecule has 1 atom stereocenters. The number of hydrogen-bond acceptors (Lipinski definition) is 6. The number of nitrogens with one attached hydrogen (secondary N) is 1. The predicted octanol–water partition coefficient (Wildman–Crippen LogP) is 0.848. The Morgan fingerprint density at radius 3 is 2.91 bits per heavy atom. The SMILES string of the molecule is Cc1nc(NC[C@H]2CCCO2)cc(C(=O)N2CCOCC2)n1. The fraction of sp³-hybridized carbons (Fsp3) is 0.667. The van der Waals surface area contributed by atoms with Gasteiger partial charge in [-0.2, -0.15) is 0 Å². The molecule has 1 aromatic rings.